The molecule has 0 radical (unpaired) electrons. The summed E-state index contributed by atoms with van der Waals surface area (Å²) in [5.74, 6) is 0.506. The second kappa shape index (κ2) is 4.78. The molecule has 2 unspecified atom stereocenters. The molecule has 1 N–H and O–H groups in total. The van der Waals surface area contributed by atoms with Gasteiger partial charge in [0.15, 0.2) is 9.84 Å². The molecule has 1 aliphatic rings. The number of aryl methyl sites for hydroxylation is 1. The maximum atomic E-state index is 11.9. The van der Waals surface area contributed by atoms with Gasteiger partial charge in [0.1, 0.15) is 0 Å². The van der Waals surface area contributed by atoms with Gasteiger partial charge < -0.3 is 5.32 Å². The van der Waals surface area contributed by atoms with Crippen LogP contribution in [0.4, 0.5) is 0 Å². The Labute approximate surface area is 103 Å². The van der Waals surface area contributed by atoms with Crippen LogP contribution >= 0.6 is 0 Å². The minimum atomic E-state index is -2.93. The number of nitrogens with one attached hydrogen (secondary N) is 1. The van der Waals surface area contributed by atoms with Gasteiger partial charge in [0.25, 0.3) is 0 Å². The van der Waals surface area contributed by atoms with Crippen molar-refractivity contribution < 1.29 is 8.42 Å². The Balaban J connectivity index is 2.33. The Hall–Kier alpha value is -0.870. The molecule has 3 nitrogen and oxygen atoms in total. The maximum Gasteiger partial charge on any atom is 0.152 e. The van der Waals surface area contributed by atoms with Crippen molar-refractivity contribution in [1.29, 1.82) is 0 Å². The van der Waals surface area contributed by atoms with E-state index in [1.807, 2.05) is 38.1 Å². The molecule has 17 heavy (non-hydrogen) atoms. The van der Waals surface area contributed by atoms with Gasteiger partial charge in [-0.05, 0) is 31.4 Å². The van der Waals surface area contributed by atoms with Crippen molar-refractivity contribution in [3.05, 3.63) is 35.4 Å². The number of sulfone groups is 1. The quantitative estimate of drug-likeness (QED) is 0.830. The second-order valence-electron chi connectivity index (χ2n) is 4.88. The molecule has 0 bridgehead atoms. The zero-order valence-electron chi connectivity index (χ0n) is 10.3. The van der Waals surface area contributed by atoms with Crippen LogP contribution in [-0.2, 0) is 9.84 Å². The average Bonchev–Trinajstić information content (AvgIpc) is 2.38. The number of hydrogen-bond acceptors (Lipinski definition) is 3. The lowest BCUT2D eigenvalue weighted by Crippen LogP contribution is -2.31. The summed E-state index contributed by atoms with van der Waals surface area (Å²) in [5.41, 5.74) is 2.25. The zero-order valence-corrected chi connectivity index (χ0v) is 11.1. The highest BCUT2D eigenvalue weighted by molar-refractivity contribution is 7.91. The van der Waals surface area contributed by atoms with Crippen molar-refractivity contribution in [1.82, 2.24) is 5.32 Å². The summed E-state index contributed by atoms with van der Waals surface area (Å²) >= 11 is 0. The molecule has 4 heteroatoms. The highest BCUT2D eigenvalue weighted by Gasteiger charge is 2.27. The van der Waals surface area contributed by atoms with E-state index < -0.39 is 9.84 Å². The van der Waals surface area contributed by atoms with Crippen LogP contribution in [0.25, 0.3) is 0 Å². The molecule has 1 heterocycles. The van der Waals surface area contributed by atoms with Crippen LogP contribution in [0.2, 0.25) is 0 Å². The smallest absolute Gasteiger partial charge is 0.152 e. The molecule has 94 valence electrons. The van der Waals surface area contributed by atoms with Gasteiger partial charge in [-0.25, -0.2) is 8.42 Å². The summed E-state index contributed by atoms with van der Waals surface area (Å²) in [6.07, 6.45) is 0.699. The molecule has 1 saturated heterocycles. The van der Waals surface area contributed by atoms with Crippen molar-refractivity contribution in [2.45, 2.75) is 32.4 Å². The molecule has 1 aliphatic heterocycles. The monoisotopic (exact) mass is 253 g/mol. The molecule has 0 aromatic heterocycles. The first kappa shape index (κ1) is 12.6. The first-order valence-corrected chi connectivity index (χ1v) is 7.82. The molecule has 2 rings (SSSR count). The molecular formula is C13H19NO2S. The van der Waals surface area contributed by atoms with E-state index in [2.05, 4.69) is 5.32 Å². The summed E-state index contributed by atoms with van der Waals surface area (Å²) < 4.78 is 23.7. The highest BCUT2D eigenvalue weighted by atomic mass is 32.2. The van der Waals surface area contributed by atoms with Crippen molar-refractivity contribution in [2.24, 2.45) is 0 Å². The largest absolute Gasteiger partial charge is 0.307 e. The van der Waals surface area contributed by atoms with Gasteiger partial charge in [-0.3, -0.25) is 0 Å². The van der Waals surface area contributed by atoms with E-state index >= 15 is 0 Å². The SMILES string of the molecule is Cc1ccccc1C1CS(=O)(=O)CCC(C)N1. The number of rotatable bonds is 1. The lowest BCUT2D eigenvalue weighted by Gasteiger charge is -2.21. The van der Waals surface area contributed by atoms with Crippen molar-refractivity contribution in [3.63, 3.8) is 0 Å². The van der Waals surface area contributed by atoms with Crippen LogP contribution in [0, 0.1) is 6.92 Å². The standard InChI is InChI=1S/C13H19NO2S/c1-10-5-3-4-6-12(10)13-9-17(15,16)8-7-11(2)14-13/h3-6,11,13-14H,7-9H2,1-2H3. The first-order chi connectivity index (χ1) is 7.98. The third-order valence-corrected chi connectivity index (χ3v) is 5.03. The fraction of sp³-hybridized carbons (Fsp3) is 0.538. The molecule has 1 aromatic rings. The average molecular weight is 253 g/mol. The number of hydrogen-bond donors (Lipinski definition) is 1. The summed E-state index contributed by atoms with van der Waals surface area (Å²) in [6, 6.07) is 8.16. The minimum absolute atomic E-state index is 0.0706. The zero-order chi connectivity index (χ0) is 12.5. The van der Waals surface area contributed by atoms with E-state index in [1.165, 1.54) is 0 Å². The first-order valence-electron chi connectivity index (χ1n) is 6.00. The highest BCUT2D eigenvalue weighted by Crippen LogP contribution is 2.23. The Morgan fingerprint density at radius 3 is 2.71 bits per heavy atom. The van der Waals surface area contributed by atoms with Gasteiger partial charge in [-0.15, -0.1) is 0 Å². The van der Waals surface area contributed by atoms with Crippen LogP contribution in [0.1, 0.15) is 30.5 Å². The van der Waals surface area contributed by atoms with E-state index in [4.69, 9.17) is 0 Å². The summed E-state index contributed by atoms with van der Waals surface area (Å²) in [4.78, 5) is 0. The van der Waals surface area contributed by atoms with Gasteiger partial charge in [0.05, 0.1) is 11.5 Å². The van der Waals surface area contributed by atoms with E-state index in [9.17, 15) is 8.42 Å². The normalized spacial score (nSPS) is 28.6. The van der Waals surface area contributed by atoms with E-state index in [1.54, 1.807) is 0 Å². The maximum absolute atomic E-state index is 11.9. The lowest BCUT2D eigenvalue weighted by atomic mass is 10.0. The van der Waals surface area contributed by atoms with E-state index in [-0.39, 0.29) is 17.8 Å². The van der Waals surface area contributed by atoms with Crippen molar-refractivity contribution in [2.75, 3.05) is 11.5 Å². The molecule has 0 spiro atoms. The molecule has 0 aliphatic carbocycles. The van der Waals surface area contributed by atoms with Crippen LogP contribution in [0.3, 0.4) is 0 Å². The summed E-state index contributed by atoms with van der Waals surface area (Å²) in [6.45, 7) is 4.07. The Morgan fingerprint density at radius 2 is 2.00 bits per heavy atom. The molecule has 1 aromatic carbocycles. The summed E-state index contributed by atoms with van der Waals surface area (Å²) in [7, 11) is -2.93. The van der Waals surface area contributed by atoms with Crippen LogP contribution in [-0.4, -0.2) is 26.0 Å². The Morgan fingerprint density at radius 1 is 1.29 bits per heavy atom. The Bertz CT molecular complexity index is 496. The van der Waals surface area contributed by atoms with E-state index in [0.29, 0.717) is 12.2 Å². The molecule has 0 amide bonds. The van der Waals surface area contributed by atoms with E-state index in [0.717, 1.165) is 11.1 Å². The van der Waals surface area contributed by atoms with Gasteiger partial charge in [-0.1, -0.05) is 24.3 Å². The lowest BCUT2D eigenvalue weighted by molar-refractivity contribution is 0.483. The van der Waals surface area contributed by atoms with Gasteiger partial charge in [0, 0.05) is 12.1 Å². The second-order valence-corrected chi connectivity index (χ2v) is 7.11. The third kappa shape index (κ3) is 3.07. The summed E-state index contributed by atoms with van der Waals surface area (Å²) in [5, 5.41) is 3.41. The predicted molar refractivity (Wildman–Crippen MR) is 69.8 cm³/mol. The van der Waals surface area contributed by atoms with Crippen LogP contribution in [0.5, 0.6) is 0 Å². The van der Waals surface area contributed by atoms with Crippen molar-refractivity contribution in [3.8, 4) is 0 Å². The fourth-order valence-electron chi connectivity index (χ4n) is 2.33. The molecule has 1 fully saturated rings. The fourth-order valence-corrected chi connectivity index (χ4v) is 3.99. The van der Waals surface area contributed by atoms with Crippen LogP contribution < -0.4 is 5.32 Å². The van der Waals surface area contributed by atoms with Crippen molar-refractivity contribution >= 4 is 9.84 Å². The molecule has 2 atom stereocenters. The molecule has 0 saturated carbocycles. The van der Waals surface area contributed by atoms with Crippen LogP contribution in [0.15, 0.2) is 24.3 Å². The topological polar surface area (TPSA) is 46.2 Å². The van der Waals surface area contributed by atoms with Gasteiger partial charge >= 0.3 is 0 Å². The molecular weight excluding hydrogens is 234 g/mol. The van der Waals surface area contributed by atoms with Gasteiger partial charge in [0.2, 0.25) is 0 Å². The number of benzene rings is 1. The van der Waals surface area contributed by atoms with Gasteiger partial charge in [-0.2, -0.15) is 0 Å². The third-order valence-electron chi connectivity index (χ3n) is 3.33. The Kier molecular flexibility index (Phi) is 3.54. The predicted octanol–water partition coefficient (Wildman–Crippen LogP) is 1.83. The minimum Gasteiger partial charge on any atom is -0.307 e.